The van der Waals surface area contributed by atoms with E-state index in [1.165, 1.54) is 66.7 Å². The first-order chi connectivity index (χ1) is 30.7. The fourth-order valence-electron chi connectivity index (χ4n) is 10.6. The van der Waals surface area contributed by atoms with Gasteiger partial charge in [-0.2, -0.15) is 0 Å². The van der Waals surface area contributed by atoms with Gasteiger partial charge in [0.05, 0.1) is 16.8 Å². The smallest absolute Gasteiger partial charge is 0.135 e. The van der Waals surface area contributed by atoms with Crippen molar-refractivity contribution in [1.29, 1.82) is 0 Å². The van der Waals surface area contributed by atoms with Crippen molar-refractivity contribution in [3.05, 3.63) is 253 Å². The molecule has 0 amide bonds. The van der Waals surface area contributed by atoms with Gasteiger partial charge < -0.3 is 14.2 Å². The Morgan fingerprint density at radius 3 is 1.74 bits per heavy atom. The van der Waals surface area contributed by atoms with Crippen LogP contribution in [0.2, 0.25) is 0 Å². The van der Waals surface area contributed by atoms with Crippen molar-refractivity contribution in [2.24, 2.45) is 0 Å². The summed E-state index contributed by atoms with van der Waals surface area (Å²) in [6, 6.07) is 84.2. The van der Waals surface area contributed by atoms with Gasteiger partial charge in [-0.3, -0.25) is 0 Å². The van der Waals surface area contributed by atoms with E-state index in [-0.39, 0.29) is 0 Å². The first-order valence-electron chi connectivity index (χ1n) is 21.3. The quantitative estimate of drug-likeness (QED) is 0.173. The van der Waals surface area contributed by atoms with Crippen LogP contribution in [0.15, 0.2) is 235 Å². The maximum atomic E-state index is 6.26. The Morgan fingerprint density at radius 1 is 0.355 bits per heavy atom. The Balaban J connectivity index is 0.972. The Labute approximate surface area is 360 Å². The van der Waals surface area contributed by atoms with Crippen molar-refractivity contribution >= 4 is 66.8 Å². The van der Waals surface area contributed by atoms with Gasteiger partial charge in [0.2, 0.25) is 0 Å². The minimum Gasteiger partial charge on any atom is -0.456 e. The summed E-state index contributed by atoms with van der Waals surface area (Å²) in [5.41, 5.74) is 18.2. The van der Waals surface area contributed by atoms with E-state index in [9.17, 15) is 0 Å². The summed E-state index contributed by atoms with van der Waals surface area (Å²) in [6.45, 7) is 0. The largest absolute Gasteiger partial charge is 0.456 e. The van der Waals surface area contributed by atoms with E-state index in [4.69, 9.17) is 4.42 Å². The van der Waals surface area contributed by atoms with Crippen LogP contribution in [0.25, 0.3) is 55.0 Å². The number of hydrogen-bond acceptors (Lipinski definition) is 3. The lowest BCUT2D eigenvalue weighted by Crippen LogP contribution is -2.36. The molecule has 1 aromatic heterocycles. The number of benzene rings is 10. The second-order valence-electron chi connectivity index (χ2n) is 16.5. The number of para-hydroxylation sites is 4. The zero-order valence-corrected chi connectivity index (χ0v) is 33.7. The van der Waals surface area contributed by atoms with Gasteiger partial charge in [0.1, 0.15) is 11.2 Å². The van der Waals surface area contributed by atoms with Gasteiger partial charge in [0.25, 0.3) is 0 Å². The fraction of sp³-hybridized carbons (Fsp3) is 0.0169. The second-order valence-corrected chi connectivity index (χ2v) is 16.5. The fourth-order valence-corrected chi connectivity index (χ4v) is 10.6. The third kappa shape index (κ3) is 5.00. The normalized spacial score (nSPS) is 13.3. The number of hydrogen-bond donors (Lipinski definition) is 0. The van der Waals surface area contributed by atoms with Crippen molar-refractivity contribution in [3.8, 4) is 22.3 Å². The number of nitrogens with zero attached hydrogens (tertiary/aromatic N) is 2. The van der Waals surface area contributed by atoms with E-state index in [0.717, 1.165) is 44.7 Å². The van der Waals surface area contributed by atoms with E-state index in [1.54, 1.807) is 0 Å². The average molecular weight is 791 g/mol. The molecule has 0 fully saturated rings. The van der Waals surface area contributed by atoms with Gasteiger partial charge >= 0.3 is 0 Å². The molecule has 3 heteroatoms. The molecule has 0 atom stereocenters. The summed E-state index contributed by atoms with van der Waals surface area (Å²) in [5, 5.41) is 4.64. The number of rotatable bonds is 5. The third-order valence-corrected chi connectivity index (χ3v) is 13.2. The third-order valence-electron chi connectivity index (χ3n) is 13.2. The maximum absolute atomic E-state index is 6.26. The van der Waals surface area contributed by atoms with Crippen LogP contribution in [0.3, 0.4) is 0 Å². The van der Waals surface area contributed by atoms with Gasteiger partial charge in [-0.05, 0) is 134 Å². The standard InChI is InChI=1S/C59H38N2O/c1-2-16-43(17-3-1)61-55-23-11-9-21-52(55)59(53-22-10-12-24-56(53)61)51-20-8-6-18-47(51)48-34-29-42(37-54(48)59)40-26-30-44(31-27-40)60(45-32-28-39-14-4-5-15-41(39)36-45)46-33-35-58-50(38-46)49-19-7-13-25-57(49)62-58/h1-38H. The Bertz CT molecular complexity index is 3500. The molecule has 290 valence electrons. The van der Waals surface area contributed by atoms with Crippen molar-refractivity contribution in [1.82, 2.24) is 0 Å². The molecule has 1 spiro atoms. The second kappa shape index (κ2) is 13.4. The number of furan rings is 1. The van der Waals surface area contributed by atoms with E-state index in [2.05, 4.69) is 228 Å². The molecule has 13 rings (SSSR count). The van der Waals surface area contributed by atoms with Gasteiger partial charge in [-0.25, -0.2) is 0 Å². The molecule has 0 N–H and O–H groups in total. The molecule has 0 unspecified atom stereocenters. The molecule has 0 bridgehead atoms. The molecule has 2 heterocycles. The van der Waals surface area contributed by atoms with Crippen LogP contribution in [0, 0.1) is 0 Å². The Hall–Kier alpha value is -8.14. The van der Waals surface area contributed by atoms with Gasteiger partial charge in [-0.1, -0.05) is 152 Å². The lowest BCUT2D eigenvalue weighted by atomic mass is 9.64. The highest BCUT2D eigenvalue weighted by Gasteiger charge is 2.51. The number of fused-ring (bicyclic) bond motifs is 13. The molecule has 10 aromatic carbocycles. The summed E-state index contributed by atoms with van der Waals surface area (Å²) in [7, 11) is 0. The topological polar surface area (TPSA) is 19.6 Å². The zero-order chi connectivity index (χ0) is 40.8. The predicted molar refractivity (Wildman–Crippen MR) is 257 cm³/mol. The number of anilines is 6. The van der Waals surface area contributed by atoms with Crippen LogP contribution in [0.5, 0.6) is 0 Å². The van der Waals surface area contributed by atoms with Crippen molar-refractivity contribution in [2.75, 3.05) is 9.80 Å². The Morgan fingerprint density at radius 2 is 0.935 bits per heavy atom. The molecular formula is C59H38N2O. The van der Waals surface area contributed by atoms with Crippen molar-refractivity contribution in [2.45, 2.75) is 5.41 Å². The summed E-state index contributed by atoms with van der Waals surface area (Å²) < 4.78 is 6.26. The van der Waals surface area contributed by atoms with Crippen LogP contribution in [0.4, 0.5) is 34.1 Å². The van der Waals surface area contributed by atoms with Gasteiger partial charge in [0.15, 0.2) is 0 Å². The predicted octanol–water partition coefficient (Wildman–Crippen LogP) is 16.0. The molecule has 1 aliphatic carbocycles. The molecule has 62 heavy (non-hydrogen) atoms. The molecule has 0 saturated carbocycles. The van der Waals surface area contributed by atoms with Crippen LogP contribution in [-0.4, -0.2) is 0 Å². The molecular weight excluding hydrogens is 753 g/mol. The minimum atomic E-state index is -0.511. The van der Waals surface area contributed by atoms with E-state index in [1.807, 2.05) is 12.1 Å². The highest BCUT2D eigenvalue weighted by molar-refractivity contribution is 6.07. The first kappa shape index (κ1) is 34.7. The van der Waals surface area contributed by atoms with Gasteiger partial charge in [0, 0.05) is 33.5 Å². The molecule has 0 saturated heterocycles. The molecule has 1 aliphatic heterocycles. The lowest BCUT2D eigenvalue weighted by molar-refractivity contribution is 0.669. The molecule has 3 nitrogen and oxygen atoms in total. The first-order valence-corrected chi connectivity index (χ1v) is 21.3. The summed E-state index contributed by atoms with van der Waals surface area (Å²) in [6.07, 6.45) is 0. The average Bonchev–Trinajstić information content (AvgIpc) is 3.85. The minimum absolute atomic E-state index is 0.511. The monoisotopic (exact) mass is 790 g/mol. The van der Waals surface area contributed by atoms with Crippen molar-refractivity contribution in [3.63, 3.8) is 0 Å². The highest BCUT2D eigenvalue weighted by atomic mass is 16.3. The maximum Gasteiger partial charge on any atom is 0.135 e. The zero-order valence-electron chi connectivity index (χ0n) is 33.7. The van der Waals surface area contributed by atoms with Crippen LogP contribution in [0.1, 0.15) is 22.3 Å². The van der Waals surface area contributed by atoms with E-state index < -0.39 is 5.41 Å². The van der Waals surface area contributed by atoms with Crippen LogP contribution in [-0.2, 0) is 5.41 Å². The van der Waals surface area contributed by atoms with E-state index >= 15 is 0 Å². The van der Waals surface area contributed by atoms with E-state index in [0.29, 0.717) is 0 Å². The molecule has 0 radical (unpaired) electrons. The summed E-state index contributed by atoms with van der Waals surface area (Å²) in [5.74, 6) is 0. The Kier molecular flexibility index (Phi) is 7.52. The van der Waals surface area contributed by atoms with Crippen LogP contribution < -0.4 is 9.80 Å². The van der Waals surface area contributed by atoms with Crippen LogP contribution >= 0.6 is 0 Å². The molecule has 2 aliphatic rings. The van der Waals surface area contributed by atoms with Gasteiger partial charge in [-0.15, -0.1) is 0 Å². The lowest BCUT2D eigenvalue weighted by Gasteiger charge is -2.45. The highest BCUT2D eigenvalue weighted by Crippen LogP contribution is 2.63. The summed E-state index contributed by atoms with van der Waals surface area (Å²) >= 11 is 0. The SMILES string of the molecule is c1ccc(N2c3ccccc3C3(c4ccccc4-c4ccc(-c5ccc(N(c6ccc7ccccc7c6)c6ccc7oc8ccccc8c7c6)cc5)cc43)c3ccccc32)cc1. The summed E-state index contributed by atoms with van der Waals surface area (Å²) in [4.78, 5) is 4.80. The van der Waals surface area contributed by atoms with Crippen molar-refractivity contribution < 1.29 is 4.42 Å². The molecule has 11 aromatic rings.